The van der Waals surface area contributed by atoms with E-state index >= 15 is 0 Å². The molecule has 3 aromatic rings. The number of aryl methyl sites for hydroxylation is 1. The number of carbonyl (C=O) groups excluding carboxylic acids is 1. The third-order valence-electron chi connectivity index (χ3n) is 2.99. The van der Waals surface area contributed by atoms with Crippen molar-refractivity contribution in [2.45, 2.75) is 6.92 Å². The van der Waals surface area contributed by atoms with Gasteiger partial charge in [-0.2, -0.15) is 5.10 Å². The lowest BCUT2D eigenvalue weighted by Crippen LogP contribution is -2.00. The molecule has 0 atom stereocenters. The van der Waals surface area contributed by atoms with E-state index in [2.05, 4.69) is 24.9 Å². The summed E-state index contributed by atoms with van der Waals surface area (Å²) in [5.41, 5.74) is 3.74. The minimum Gasteiger partial charge on any atom is -0.464 e. The van der Waals surface area contributed by atoms with Gasteiger partial charge < -0.3 is 9.72 Å². The van der Waals surface area contributed by atoms with Gasteiger partial charge in [-0.05, 0) is 25.1 Å². The summed E-state index contributed by atoms with van der Waals surface area (Å²) in [6, 6.07) is 5.53. The van der Waals surface area contributed by atoms with Crippen molar-refractivity contribution in [1.29, 1.82) is 0 Å². The van der Waals surface area contributed by atoms with Crippen molar-refractivity contribution < 1.29 is 9.53 Å². The number of aromatic nitrogens is 4. The highest BCUT2D eigenvalue weighted by Gasteiger charge is 2.12. The predicted octanol–water partition coefficient (Wildman–Crippen LogP) is 2.05. The number of pyridine rings is 1. The molecular weight excluding hydrogens is 244 g/mol. The Labute approximate surface area is 108 Å². The number of hydrogen-bond donors (Lipinski definition) is 2. The molecule has 0 unspecified atom stereocenters. The summed E-state index contributed by atoms with van der Waals surface area (Å²) in [4.78, 5) is 18.9. The van der Waals surface area contributed by atoms with Gasteiger partial charge in [0, 0.05) is 16.6 Å². The molecule has 96 valence electrons. The van der Waals surface area contributed by atoms with Crippen LogP contribution in [-0.4, -0.2) is 33.2 Å². The van der Waals surface area contributed by atoms with Crippen LogP contribution in [0.15, 0.2) is 24.4 Å². The Balaban J connectivity index is 2.11. The molecule has 3 rings (SSSR count). The highest BCUT2D eigenvalue weighted by atomic mass is 16.5. The Kier molecular flexibility index (Phi) is 2.56. The number of methoxy groups -OCH3 is 1. The van der Waals surface area contributed by atoms with Crippen LogP contribution < -0.4 is 0 Å². The Hall–Kier alpha value is -2.63. The molecule has 0 radical (unpaired) electrons. The second kappa shape index (κ2) is 4.24. The van der Waals surface area contributed by atoms with Crippen LogP contribution in [0, 0.1) is 6.92 Å². The van der Waals surface area contributed by atoms with Crippen LogP contribution in [0.25, 0.3) is 22.3 Å². The molecule has 2 N–H and O–H groups in total. The van der Waals surface area contributed by atoms with Gasteiger partial charge in [-0.1, -0.05) is 0 Å². The van der Waals surface area contributed by atoms with Gasteiger partial charge in [0.25, 0.3) is 0 Å². The van der Waals surface area contributed by atoms with Gasteiger partial charge >= 0.3 is 5.97 Å². The number of rotatable bonds is 2. The van der Waals surface area contributed by atoms with Crippen molar-refractivity contribution in [3.63, 3.8) is 0 Å². The molecule has 3 aromatic heterocycles. The van der Waals surface area contributed by atoms with Gasteiger partial charge in [0.1, 0.15) is 11.3 Å². The molecule has 0 aliphatic heterocycles. The van der Waals surface area contributed by atoms with Gasteiger partial charge in [-0.25, -0.2) is 9.78 Å². The number of nitrogens with zero attached hydrogens (tertiary/aromatic N) is 2. The van der Waals surface area contributed by atoms with E-state index in [1.165, 1.54) is 7.11 Å². The number of nitrogens with one attached hydrogen (secondary N) is 2. The average molecular weight is 256 g/mol. The van der Waals surface area contributed by atoms with E-state index in [9.17, 15) is 4.79 Å². The predicted molar refractivity (Wildman–Crippen MR) is 69.8 cm³/mol. The van der Waals surface area contributed by atoms with Gasteiger partial charge in [-0.15, -0.1) is 0 Å². The van der Waals surface area contributed by atoms with Gasteiger partial charge in [0.05, 0.1) is 19.0 Å². The van der Waals surface area contributed by atoms with Crippen LogP contribution in [0.5, 0.6) is 0 Å². The van der Waals surface area contributed by atoms with E-state index in [0.29, 0.717) is 11.3 Å². The molecule has 0 aliphatic rings. The summed E-state index contributed by atoms with van der Waals surface area (Å²) < 4.78 is 4.67. The quantitative estimate of drug-likeness (QED) is 0.687. The van der Waals surface area contributed by atoms with E-state index in [1.807, 2.05) is 19.1 Å². The molecule has 0 amide bonds. The first-order valence-electron chi connectivity index (χ1n) is 5.77. The van der Waals surface area contributed by atoms with Crippen molar-refractivity contribution in [3.05, 3.63) is 35.8 Å². The van der Waals surface area contributed by atoms with E-state index in [0.717, 1.165) is 22.3 Å². The topological polar surface area (TPSA) is 83.7 Å². The lowest BCUT2D eigenvalue weighted by atomic mass is 10.1. The number of hydrogen-bond acceptors (Lipinski definition) is 4. The zero-order chi connectivity index (χ0) is 13.4. The Bertz CT molecular complexity index is 757. The summed E-state index contributed by atoms with van der Waals surface area (Å²) in [6.07, 6.45) is 1.73. The zero-order valence-electron chi connectivity index (χ0n) is 10.5. The third kappa shape index (κ3) is 1.87. The molecule has 0 bridgehead atoms. The van der Waals surface area contributed by atoms with E-state index in [-0.39, 0.29) is 0 Å². The molecule has 6 heteroatoms. The summed E-state index contributed by atoms with van der Waals surface area (Å²) in [5.74, 6) is -0.404. The van der Waals surface area contributed by atoms with Crippen LogP contribution in [0.4, 0.5) is 0 Å². The number of esters is 1. The fourth-order valence-corrected chi connectivity index (χ4v) is 1.98. The van der Waals surface area contributed by atoms with Crippen molar-refractivity contribution in [3.8, 4) is 11.3 Å². The molecule has 0 saturated carbocycles. The van der Waals surface area contributed by atoms with Crippen molar-refractivity contribution >= 4 is 17.0 Å². The second-order valence-corrected chi connectivity index (χ2v) is 4.22. The Morgan fingerprint density at radius 3 is 2.89 bits per heavy atom. The van der Waals surface area contributed by atoms with Gasteiger partial charge in [0.2, 0.25) is 0 Å². The zero-order valence-corrected chi connectivity index (χ0v) is 10.5. The van der Waals surface area contributed by atoms with Crippen molar-refractivity contribution in [2.75, 3.05) is 7.11 Å². The van der Waals surface area contributed by atoms with Crippen LogP contribution >= 0.6 is 0 Å². The fraction of sp³-hybridized carbons (Fsp3) is 0.154. The van der Waals surface area contributed by atoms with Crippen LogP contribution in [0.3, 0.4) is 0 Å². The number of H-pyrrole nitrogens is 2. The Morgan fingerprint density at radius 2 is 2.21 bits per heavy atom. The highest BCUT2D eigenvalue weighted by Crippen LogP contribution is 2.22. The molecular formula is C13H12N4O2. The lowest BCUT2D eigenvalue weighted by molar-refractivity contribution is 0.0595. The fourth-order valence-electron chi connectivity index (χ4n) is 1.98. The molecule has 0 aliphatic carbocycles. The molecule has 19 heavy (non-hydrogen) atoms. The monoisotopic (exact) mass is 256 g/mol. The maximum atomic E-state index is 11.5. The van der Waals surface area contributed by atoms with Crippen LogP contribution in [0.2, 0.25) is 0 Å². The normalized spacial score (nSPS) is 10.8. The summed E-state index contributed by atoms with van der Waals surface area (Å²) in [5, 5.41) is 7.71. The first-order valence-corrected chi connectivity index (χ1v) is 5.77. The van der Waals surface area contributed by atoms with E-state index < -0.39 is 5.97 Å². The van der Waals surface area contributed by atoms with Crippen molar-refractivity contribution in [1.82, 2.24) is 20.2 Å². The third-order valence-corrected chi connectivity index (χ3v) is 2.99. The van der Waals surface area contributed by atoms with E-state index in [1.54, 1.807) is 12.3 Å². The largest absolute Gasteiger partial charge is 0.464 e. The molecule has 3 heterocycles. The highest BCUT2D eigenvalue weighted by molar-refractivity contribution is 5.94. The summed E-state index contributed by atoms with van der Waals surface area (Å²) >= 11 is 0. The Morgan fingerprint density at radius 1 is 1.37 bits per heavy atom. The first-order chi connectivity index (χ1) is 9.19. The maximum absolute atomic E-state index is 11.5. The molecule has 0 spiro atoms. The van der Waals surface area contributed by atoms with Crippen molar-refractivity contribution in [2.24, 2.45) is 0 Å². The van der Waals surface area contributed by atoms with Gasteiger partial charge in [-0.3, -0.25) is 5.10 Å². The van der Waals surface area contributed by atoms with Gasteiger partial charge in [0.15, 0.2) is 0 Å². The lowest BCUT2D eigenvalue weighted by Gasteiger charge is -1.98. The number of aromatic amines is 2. The molecule has 6 nitrogen and oxygen atoms in total. The van der Waals surface area contributed by atoms with Crippen LogP contribution in [-0.2, 0) is 4.74 Å². The summed E-state index contributed by atoms with van der Waals surface area (Å²) in [6.45, 7) is 1.93. The molecule has 0 fully saturated rings. The first kappa shape index (κ1) is 11.5. The number of ether oxygens (including phenoxy) is 1. The molecule has 0 aromatic carbocycles. The standard InChI is InChI=1S/C13H12N4O2/c1-7-9(6-14-17-7)10-4-3-8-5-11(13(18)19-2)16-12(8)15-10/h3-6H,1-2H3,(H,14,17)(H,15,16). The minimum atomic E-state index is -0.404. The van der Waals surface area contributed by atoms with Crippen LogP contribution in [0.1, 0.15) is 16.2 Å². The molecule has 0 saturated heterocycles. The number of carbonyl (C=O) groups is 1. The average Bonchev–Trinajstić information content (AvgIpc) is 3.02. The minimum absolute atomic E-state index is 0.395. The second-order valence-electron chi connectivity index (χ2n) is 4.22. The maximum Gasteiger partial charge on any atom is 0.354 e. The SMILES string of the molecule is COC(=O)c1cc2ccc(-c3cn[nH]c3C)nc2[nH]1. The number of fused-ring (bicyclic) bond motifs is 1. The smallest absolute Gasteiger partial charge is 0.354 e. The van der Waals surface area contributed by atoms with E-state index in [4.69, 9.17) is 0 Å². The summed E-state index contributed by atoms with van der Waals surface area (Å²) in [7, 11) is 1.35.